The van der Waals surface area contributed by atoms with E-state index in [0.29, 0.717) is 17.7 Å². The molecule has 0 bridgehead atoms. The molecule has 21 heavy (non-hydrogen) atoms. The Morgan fingerprint density at radius 1 is 0.952 bits per heavy atom. The van der Waals surface area contributed by atoms with Crippen LogP contribution in [0.15, 0.2) is 70.8 Å². The van der Waals surface area contributed by atoms with Crippen molar-refractivity contribution in [2.24, 2.45) is 0 Å². The monoisotopic (exact) mass is 295 g/mol. The summed E-state index contributed by atoms with van der Waals surface area (Å²) in [6.07, 6.45) is 0. The third-order valence-corrected chi connectivity index (χ3v) is 4.02. The molecule has 0 saturated heterocycles. The molecule has 0 spiro atoms. The van der Waals surface area contributed by atoms with Crippen LogP contribution in [-0.4, -0.2) is 9.74 Å². The molecule has 0 amide bonds. The molecule has 104 valence electrons. The molecule has 2 aromatic carbocycles. The summed E-state index contributed by atoms with van der Waals surface area (Å²) in [6.45, 7) is 0.492. The highest BCUT2D eigenvalue weighted by Crippen LogP contribution is 2.13. The fraction of sp³-hybridized carbons (Fsp3) is 0.0588. The van der Waals surface area contributed by atoms with E-state index in [0.717, 1.165) is 5.56 Å². The molecule has 0 fully saturated rings. The van der Waals surface area contributed by atoms with E-state index in [2.05, 4.69) is 0 Å². The Bertz CT molecular complexity index is 818. The first kappa shape index (κ1) is 13.5. The Hall–Kier alpha value is -2.46. The van der Waals surface area contributed by atoms with Crippen molar-refractivity contribution in [3.63, 3.8) is 0 Å². The average Bonchev–Trinajstić information content (AvgIpc) is 2.93. The minimum absolute atomic E-state index is 0.00373. The number of hydrogen-bond donors (Lipinski definition) is 0. The van der Waals surface area contributed by atoms with Gasteiger partial charge in [0.2, 0.25) is 0 Å². The van der Waals surface area contributed by atoms with Gasteiger partial charge in [0.1, 0.15) is 0 Å². The SMILES string of the molecule is O=C(c1ccccc1)c1cccc(Cn2sccc2=O)c1. The maximum atomic E-state index is 12.4. The molecule has 0 N–H and O–H groups in total. The lowest BCUT2D eigenvalue weighted by molar-refractivity contribution is 0.103. The van der Waals surface area contributed by atoms with Crippen LogP contribution in [0.5, 0.6) is 0 Å². The van der Waals surface area contributed by atoms with E-state index >= 15 is 0 Å². The van der Waals surface area contributed by atoms with Crippen LogP contribution in [0, 0.1) is 0 Å². The van der Waals surface area contributed by atoms with Gasteiger partial charge >= 0.3 is 0 Å². The van der Waals surface area contributed by atoms with Crippen molar-refractivity contribution < 1.29 is 4.79 Å². The highest BCUT2D eigenvalue weighted by molar-refractivity contribution is 7.04. The van der Waals surface area contributed by atoms with Gasteiger partial charge in [0.15, 0.2) is 5.78 Å². The van der Waals surface area contributed by atoms with Crippen molar-refractivity contribution in [1.29, 1.82) is 0 Å². The third kappa shape index (κ3) is 3.01. The molecule has 0 aliphatic rings. The summed E-state index contributed by atoms with van der Waals surface area (Å²) >= 11 is 1.37. The van der Waals surface area contributed by atoms with Crippen molar-refractivity contribution in [1.82, 2.24) is 3.96 Å². The maximum Gasteiger partial charge on any atom is 0.260 e. The summed E-state index contributed by atoms with van der Waals surface area (Å²) in [7, 11) is 0. The van der Waals surface area contributed by atoms with Gasteiger partial charge < -0.3 is 0 Å². The van der Waals surface area contributed by atoms with Crippen LogP contribution in [0.2, 0.25) is 0 Å². The van der Waals surface area contributed by atoms with Crippen molar-refractivity contribution in [3.8, 4) is 0 Å². The Balaban J connectivity index is 1.88. The lowest BCUT2D eigenvalue weighted by Crippen LogP contribution is -2.13. The highest BCUT2D eigenvalue weighted by atomic mass is 32.1. The van der Waals surface area contributed by atoms with Crippen molar-refractivity contribution in [3.05, 3.63) is 93.1 Å². The first-order valence-corrected chi connectivity index (χ1v) is 7.41. The Kier molecular flexibility index (Phi) is 3.79. The van der Waals surface area contributed by atoms with Crippen molar-refractivity contribution in [2.45, 2.75) is 6.54 Å². The summed E-state index contributed by atoms with van der Waals surface area (Å²) in [5.74, 6) is -0.00373. The van der Waals surface area contributed by atoms with Crippen molar-refractivity contribution >= 4 is 17.3 Å². The number of hydrogen-bond acceptors (Lipinski definition) is 3. The molecule has 0 aliphatic heterocycles. The number of ketones is 1. The van der Waals surface area contributed by atoms with Gasteiger partial charge in [-0.3, -0.25) is 13.5 Å². The number of nitrogens with zero attached hydrogens (tertiary/aromatic N) is 1. The minimum atomic E-state index is -0.0141. The quantitative estimate of drug-likeness (QED) is 0.693. The summed E-state index contributed by atoms with van der Waals surface area (Å²) in [4.78, 5) is 24.0. The van der Waals surface area contributed by atoms with Crippen LogP contribution in [-0.2, 0) is 6.54 Å². The van der Waals surface area contributed by atoms with Gasteiger partial charge in [0.25, 0.3) is 5.56 Å². The van der Waals surface area contributed by atoms with Gasteiger partial charge in [-0.15, -0.1) is 0 Å². The van der Waals surface area contributed by atoms with Crippen LogP contribution >= 0.6 is 11.5 Å². The predicted octanol–water partition coefficient (Wildman–Crippen LogP) is 3.19. The Morgan fingerprint density at radius 3 is 2.43 bits per heavy atom. The first-order chi connectivity index (χ1) is 10.2. The van der Waals surface area contributed by atoms with E-state index in [1.165, 1.54) is 11.5 Å². The second kappa shape index (κ2) is 5.89. The lowest BCUT2D eigenvalue weighted by Gasteiger charge is -2.05. The van der Waals surface area contributed by atoms with Gasteiger partial charge in [-0.05, 0) is 11.6 Å². The van der Waals surface area contributed by atoms with Gasteiger partial charge in [-0.1, -0.05) is 60.1 Å². The van der Waals surface area contributed by atoms with E-state index in [9.17, 15) is 9.59 Å². The molecule has 0 atom stereocenters. The highest BCUT2D eigenvalue weighted by Gasteiger charge is 2.09. The van der Waals surface area contributed by atoms with Crippen LogP contribution in [0.4, 0.5) is 0 Å². The maximum absolute atomic E-state index is 12.4. The average molecular weight is 295 g/mol. The van der Waals surface area contributed by atoms with E-state index in [-0.39, 0.29) is 11.3 Å². The fourth-order valence-corrected chi connectivity index (χ4v) is 2.86. The van der Waals surface area contributed by atoms with Gasteiger partial charge in [0.05, 0.1) is 6.54 Å². The topological polar surface area (TPSA) is 39.1 Å². The van der Waals surface area contributed by atoms with Gasteiger partial charge in [-0.2, -0.15) is 0 Å². The van der Waals surface area contributed by atoms with Crippen molar-refractivity contribution in [2.75, 3.05) is 0 Å². The van der Waals surface area contributed by atoms with E-state index in [4.69, 9.17) is 0 Å². The summed E-state index contributed by atoms with van der Waals surface area (Å²) in [5.41, 5.74) is 2.24. The summed E-state index contributed by atoms with van der Waals surface area (Å²) in [5, 5.41) is 1.77. The van der Waals surface area contributed by atoms with E-state index in [1.54, 1.807) is 33.6 Å². The summed E-state index contributed by atoms with van der Waals surface area (Å²) < 4.78 is 1.66. The molecule has 1 heterocycles. The summed E-state index contributed by atoms with van der Waals surface area (Å²) in [6, 6.07) is 18.2. The zero-order chi connectivity index (χ0) is 14.7. The molecular weight excluding hydrogens is 282 g/mol. The van der Waals surface area contributed by atoms with Gasteiger partial charge in [0, 0.05) is 22.6 Å². The second-order valence-corrected chi connectivity index (χ2v) is 5.60. The third-order valence-electron chi connectivity index (χ3n) is 3.20. The van der Waals surface area contributed by atoms with Gasteiger partial charge in [-0.25, -0.2) is 0 Å². The standard InChI is InChI=1S/C17H13NO2S/c19-16-9-10-21-18(16)12-13-5-4-8-15(11-13)17(20)14-6-2-1-3-7-14/h1-11H,12H2. The van der Waals surface area contributed by atoms with Crippen LogP contribution in [0.25, 0.3) is 0 Å². The zero-order valence-corrected chi connectivity index (χ0v) is 12.0. The minimum Gasteiger partial charge on any atom is -0.289 e. The van der Waals surface area contributed by atoms with Crippen LogP contribution < -0.4 is 5.56 Å². The Labute approximate surface area is 126 Å². The smallest absolute Gasteiger partial charge is 0.260 e. The number of aromatic nitrogens is 1. The normalized spacial score (nSPS) is 10.5. The predicted molar refractivity (Wildman–Crippen MR) is 84.0 cm³/mol. The lowest BCUT2D eigenvalue weighted by atomic mass is 10.0. The molecule has 0 radical (unpaired) electrons. The number of carbonyl (C=O) groups is 1. The first-order valence-electron chi connectivity index (χ1n) is 6.57. The molecule has 0 saturated carbocycles. The zero-order valence-electron chi connectivity index (χ0n) is 11.2. The number of carbonyl (C=O) groups excluding carboxylic acids is 1. The molecule has 0 unspecified atom stereocenters. The molecule has 1 aromatic heterocycles. The Morgan fingerprint density at radius 2 is 1.71 bits per heavy atom. The molecule has 4 heteroatoms. The molecule has 3 aromatic rings. The number of rotatable bonds is 4. The molecule has 0 aliphatic carbocycles. The number of benzene rings is 2. The fourth-order valence-electron chi connectivity index (χ4n) is 2.15. The molecular formula is C17H13NO2S. The molecule has 3 rings (SSSR count). The van der Waals surface area contributed by atoms with E-state index in [1.807, 2.05) is 36.4 Å². The van der Waals surface area contributed by atoms with Crippen LogP contribution in [0.3, 0.4) is 0 Å². The van der Waals surface area contributed by atoms with E-state index < -0.39 is 0 Å². The van der Waals surface area contributed by atoms with Crippen LogP contribution in [0.1, 0.15) is 21.5 Å². The molecule has 3 nitrogen and oxygen atoms in total. The largest absolute Gasteiger partial charge is 0.289 e. The second-order valence-electron chi connectivity index (χ2n) is 4.68.